The predicted octanol–water partition coefficient (Wildman–Crippen LogP) is 8.12. The molecular formula is C24H19Cl2NS. The minimum Gasteiger partial charge on any atom is -0.237 e. The molecule has 1 aliphatic carbocycles. The lowest BCUT2D eigenvalue weighted by atomic mass is 9.89. The standard InChI is InChI=1S/C24H19Cl2NS/c1-14-21(15-7-3-2-4-8-15)22-18-9-5-6-10-20(18)28-24(22)27-23(14)17-12-11-16(25)13-19(17)26/h2-4,7-8,11-13H,5-6,9-10H2,1H3. The zero-order chi connectivity index (χ0) is 19.3. The fourth-order valence-corrected chi connectivity index (χ4v) is 6.06. The van der Waals surface area contributed by atoms with Crippen molar-refractivity contribution in [3.05, 3.63) is 74.6 Å². The number of hydrogen-bond acceptors (Lipinski definition) is 2. The van der Waals surface area contributed by atoms with Gasteiger partial charge in [0.2, 0.25) is 0 Å². The van der Waals surface area contributed by atoms with Gasteiger partial charge in [-0.3, -0.25) is 0 Å². The zero-order valence-electron chi connectivity index (χ0n) is 15.6. The number of halogens is 2. The number of fused-ring (bicyclic) bond motifs is 3. The fourth-order valence-electron chi connectivity index (χ4n) is 4.29. The lowest BCUT2D eigenvalue weighted by Gasteiger charge is -2.17. The third-order valence-electron chi connectivity index (χ3n) is 5.59. The maximum absolute atomic E-state index is 6.57. The SMILES string of the molecule is Cc1c(-c2ccc(Cl)cc2Cl)nc2sc3c(c2c1-c1ccccc1)CCCC3. The maximum Gasteiger partial charge on any atom is 0.125 e. The first-order valence-corrected chi connectivity index (χ1v) is 11.2. The van der Waals surface area contributed by atoms with Gasteiger partial charge in [0.1, 0.15) is 4.83 Å². The number of pyridine rings is 1. The Morgan fingerprint density at radius 3 is 2.54 bits per heavy atom. The molecule has 0 amide bonds. The van der Waals surface area contributed by atoms with Crippen molar-refractivity contribution in [1.82, 2.24) is 4.98 Å². The molecule has 4 aromatic rings. The zero-order valence-corrected chi connectivity index (χ0v) is 17.9. The van der Waals surface area contributed by atoms with E-state index in [1.807, 2.05) is 23.5 Å². The van der Waals surface area contributed by atoms with Crippen LogP contribution in [0, 0.1) is 6.92 Å². The minimum absolute atomic E-state index is 0.641. The quantitative estimate of drug-likeness (QED) is 0.317. The Morgan fingerprint density at radius 2 is 1.75 bits per heavy atom. The molecule has 0 spiro atoms. The summed E-state index contributed by atoms with van der Waals surface area (Å²) < 4.78 is 0. The van der Waals surface area contributed by atoms with Crippen molar-refractivity contribution in [1.29, 1.82) is 0 Å². The molecule has 0 aliphatic heterocycles. The summed E-state index contributed by atoms with van der Waals surface area (Å²) in [6.45, 7) is 2.17. The van der Waals surface area contributed by atoms with Gasteiger partial charge in [-0.05, 0) is 73.1 Å². The highest BCUT2D eigenvalue weighted by atomic mass is 35.5. The average Bonchev–Trinajstić information content (AvgIpc) is 3.07. The minimum atomic E-state index is 0.641. The van der Waals surface area contributed by atoms with Gasteiger partial charge in [-0.25, -0.2) is 4.98 Å². The van der Waals surface area contributed by atoms with Crippen LogP contribution in [0.25, 0.3) is 32.6 Å². The smallest absolute Gasteiger partial charge is 0.125 e. The number of aromatic nitrogens is 1. The molecule has 0 unspecified atom stereocenters. The first-order valence-electron chi connectivity index (χ1n) is 9.59. The van der Waals surface area contributed by atoms with Crippen LogP contribution in [0.3, 0.4) is 0 Å². The van der Waals surface area contributed by atoms with Crippen LogP contribution in [0.1, 0.15) is 28.8 Å². The van der Waals surface area contributed by atoms with Crippen molar-refractivity contribution in [3.8, 4) is 22.4 Å². The lowest BCUT2D eigenvalue weighted by Crippen LogP contribution is -2.00. The Bertz CT molecular complexity index is 1190. The van der Waals surface area contributed by atoms with Crippen LogP contribution in [0.2, 0.25) is 10.0 Å². The molecule has 1 nitrogen and oxygen atoms in total. The van der Waals surface area contributed by atoms with Crippen LogP contribution in [-0.2, 0) is 12.8 Å². The molecule has 0 saturated carbocycles. The van der Waals surface area contributed by atoms with Gasteiger partial charge in [0.25, 0.3) is 0 Å². The molecule has 1 aliphatic rings. The van der Waals surface area contributed by atoms with E-state index >= 15 is 0 Å². The normalized spacial score (nSPS) is 13.7. The molecule has 4 heteroatoms. The van der Waals surface area contributed by atoms with E-state index in [0.717, 1.165) is 22.5 Å². The van der Waals surface area contributed by atoms with E-state index in [0.29, 0.717) is 10.0 Å². The summed E-state index contributed by atoms with van der Waals surface area (Å²) in [5, 5.41) is 2.63. The summed E-state index contributed by atoms with van der Waals surface area (Å²) in [6, 6.07) is 16.3. The predicted molar refractivity (Wildman–Crippen MR) is 122 cm³/mol. The second kappa shape index (κ2) is 7.18. The maximum atomic E-state index is 6.57. The molecule has 2 aromatic carbocycles. The number of nitrogens with zero attached hydrogens (tertiary/aromatic N) is 1. The Labute approximate surface area is 179 Å². The average molecular weight is 424 g/mol. The Balaban J connectivity index is 1.88. The number of aryl methyl sites for hydroxylation is 2. The largest absolute Gasteiger partial charge is 0.237 e. The first kappa shape index (κ1) is 18.2. The molecule has 0 N–H and O–H groups in total. The van der Waals surface area contributed by atoms with Crippen molar-refractivity contribution in [2.45, 2.75) is 32.6 Å². The molecule has 0 fully saturated rings. The van der Waals surface area contributed by atoms with Gasteiger partial charge in [-0.15, -0.1) is 11.3 Å². The van der Waals surface area contributed by atoms with Gasteiger partial charge in [0, 0.05) is 20.8 Å². The van der Waals surface area contributed by atoms with E-state index in [2.05, 4.69) is 37.3 Å². The number of rotatable bonds is 2. The Kier molecular flexibility index (Phi) is 4.66. The summed E-state index contributed by atoms with van der Waals surface area (Å²) in [7, 11) is 0. The lowest BCUT2D eigenvalue weighted by molar-refractivity contribution is 0.700. The van der Waals surface area contributed by atoms with Crippen molar-refractivity contribution >= 4 is 44.8 Å². The van der Waals surface area contributed by atoms with Crippen molar-refractivity contribution in [2.75, 3.05) is 0 Å². The summed E-state index contributed by atoms with van der Waals surface area (Å²) in [4.78, 5) is 7.74. The fraction of sp³-hybridized carbons (Fsp3) is 0.208. The molecule has 5 rings (SSSR count). The van der Waals surface area contributed by atoms with Crippen molar-refractivity contribution < 1.29 is 0 Å². The highest BCUT2D eigenvalue weighted by Gasteiger charge is 2.24. The summed E-state index contributed by atoms with van der Waals surface area (Å²) in [5.74, 6) is 0. The van der Waals surface area contributed by atoms with Crippen LogP contribution >= 0.6 is 34.5 Å². The van der Waals surface area contributed by atoms with Crippen LogP contribution < -0.4 is 0 Å². The van der Waals surface area contributed by atoms with Gasteiger partial charge in [0.15, 0.2) is 0 Å². The van der Waals surface area contributed by atoms with Gasteiger partial charge >= 0.3 is 0 Å². The van der Waals surface area contributed by atoms with Gasteiger partial charge in [-0.1, -0.05) is 53.5 Å². The van der Waals surface area contributed by atoms with Gasteiger partial charge in [0.05, 0.1) is 10.7 Å². The second-order valence-electron chi connectivity index (χ2n) is 7.34. The summed E-state index contributed by atoms with van der Waals surface area (Å²) in [5.41, 5.74) is 7.11. The molecule has 0 atom stereocenters. The first-order chi connectivity index (χ1) is 13.6. The molecule has 2 heterocycles. The van der Waals surface area contributed by atoms with Crippen molar-refractivity contribution in [3.63, 3.8) is 0 Å². The molecule has 0 radical (unpaired) electrons. The summed E-state index contributed by atoms with van der Waals surface area (Å²) in [6.07, 6.45) is 4.85. The van der Waals surface area contributed by atoms with E-state index in [-0.39, 0.29) is 0 Å². The number of thiophene rings is 1. The van der Waals surface area contributed by atoms with E-state index in [4.69, 9.17) is 28.2 Å². The van der Waals surface area contributed by atoms with Crippen LogP contribution in [0.15, 0.2) is 48.5 Å². The monoisotopic (exact) mass is 423 g/mol. The molecule has 0 bridgehead atoms. The Hall–Kier alpha value is -1.87. The number of hydrogen-bond donors (Lipinski definition) is 0. The third kappa shape index (κ3) is 2.95. The van der Waals surface area contributed by atoms with E-state index in [1.165, 1.54) is 51.8 Å². The van der Waals surface area contributed by atoms with Gasteiger partial charge in [-0.2, -0.15) is 0 Å². The number of benzene rings is 2. The Morgan fingerprint density at radius 1 is 0.964 bits per heavy atom. The van der Waals surface area contributed by atoms with E-state index in [1.54, 1.807) is 6.07 Å². The molecular weight excluding hydrogens is 405 g/mol. The van der Waals surface area contributed by atoms with Crippen LogP contribution in [-0.4, -0.2) is 4.98 Å². The van der Waals surface area contributed by atoms with Crippen molar-refractivity contribution in [2.24, 2.45) is 0 Å². The molecule has 28 heavy (non-hydrogen) atoms. The molecule has 140 valence electrons. The third-order valence-corrected chi connectivity index (χ3v) is 7.33. The van der Waals surface area contributed by atoms with Crippen LogP contribution in [0.4, 0.5) is 0 Å². The highest BCUT2D eigenvalue weighted by Crippen LogP contribution is 2.45. The molecule has 2 aromatic heterocycles. The molecule has 0 saturated heterocycles. The van der Waals surface area contributed by atoms with E-state index < -0.39 is 0 Å². The van der Waals surface area contributed by atoms with Crippen LogP contribution in [0.5, 0.6) is 0 Å². The topological polar surface area (TPSA) is 12.9 Å². The second-order valence-corrected chi connectivity index (χ2v) is 9.27. The van der Waals surface area contributed by atoms with E-state index in [9.17, 15) is 0 Å². The summed E-state index contributed by atoms with van der Waals surface area (Å²) >= 11 is 14.6. The van der Waals surface area contributed by atoms with Gasteiger partial charge < -0.3 is 0 Å². The highest BCUT2D eigenvalue weighted by molar-refractivity contribution is 7.19.